The molecule has 94 valence electrons. The zero-order chi connectivity index (χ0) is 13.0. The number of benzene rings is 1. The second-order valence-electron chi connectivity index (χ2n) is 3.85. The molecule has 0 saturated heterocycles. The number of carbonyl (C=O) groups excluding carboxylic acids is 1. The van der Waals surface area contributed by atoms with Crippen molar-refractivity contribution in [1.82, 2.24) is 0 Å². The number of furan rings is 1. The molecule has 0 aliphatic carbocycles. The Kier molecular flexibility index (Phi) is 3.77. The highest BCUT2D eigenvalue weighted by Crippen LogP contribution is 2.19. The summed E-state index contributed by atoms with van der Waals surface area (Å²) in [6, 6.07) is 9.52. The highest BCUT2D eigenvalue weighted by Gasteiger charge is 2.07. The van der Waals surface area contributed by atoms with Crippen molar-refractivity contribution in [2.24, 2.45) is 0 Å². The van der Waals surface area contributed by atoms with E-state index in [4.69, 9.17) is 9.15 Å². The molecule has 18 heavy (non-hydrogen) atoms. The van der Waals surface area contributed by atoms with E-state index in [1.54, 1.807) is 31.2 Å². The highest BCUT2D eigenvalue weighted by molar-refractivity contribution is 5.71. The molecule has 0 radical (unpaired) electrons. The van der Waals surface area contributed by atoms with Crippen LogP contribution in [0.2, 0.25) is 0 Å². The van der Waals surface area contributed by atoms with Crippen molar-refractivity contribution < 1.29 is 18.3 Å². The van der Waals surface area contributed by atoms with Gasteiger partial charge in [-0.1, -0.05) is 19.1 Å². The maximum absolute atomic E-state index is 12.7. The van der Waals surface area contributed by atoms with Gasteiger partial charge in [0.1, 0.15) is 11.6 Å². The molecule has 0 fully saturated rings. The lowest BCUT2D eigenvalue weighted by atomic mass is 10.1. The Hall–Kier alpha value is -2.10. The van der Waals surface area contributed by atoms with Crippen LogP contribution in [0.5, 0.6) is 5.95 Å². The second-order valence-corrected chi connectivity index (χ2v) is 3.85. The van der Waals surface area contributed by atoms with Gasteiger partial charge in [0.15, 0.2) is 0 Å². The van der Waals surface area contributed by atoms with Crippen molar-refractivity contribution >= 4 is 5.97 Å². The number of ether oxygens (including phenoxy) is 1. The average molecular weight is 248 g/mol. The normalized spacial score (nSPS) is 10.3. The van der Waals surface area contributed by atoms with E-state index in [1.807, 2.05) is 0 Å². The molecule has 0 bridgehead atoms. The van der Waals surface area contributed by atoms with Crippen LogP contribution >= 0.6 is 0 Å². The minimum Gasteiger partial charge on any atom is -0.430 e. The van der Waals surface area contributed by atoms with Gasteiger partial charge >= 0.3 is 5.97 Å². The molecule has 0 N–H and O–H groups in total. The molecule has 0 aliphatic rings. The van der Waals surface area contributed by atoms with Crippen LogP contribution in [-0.4, -0.2) is 5.97 Å². The lowest BCUT2D eigenvalue weighted by molar-refractivity contribution is -0.135. The van der Waals surface area contributed by atoms with E-state index in [2.05, 4.69) is 0 Å². The summed E-state index contributed by atoms with van der Waals surface area (Å²) in [5.41, 5.74) is 0.930. The fourth-order valence-corrected chi connectivity index (χ4v) is 1.50. The molecule has 3 nitrogen and oxygen atoms in total. The van der Waals surface area contributed by atoms with Crippen LogP contribution in [0.4, 0.5) is 4.39 Å². The van der Waals surface area contributed by atoms with Gasteiger partial charge in [0, 0.05) is 18.9 Å². The van der Waals surface area contributed by atoms with Crippen LogP contribution in [0.3, 0.4) is 0 Å². The first-order valence-electron chi connectivity index (χ1n) is 5.71. The summed E-state index contributed by atoms with van der Waals surface area (Å²) in [4.78, 5) is 11.1. The Morgan fingerprint density at radius 1 is 1.22 bits per heavy atom. The first kappa shape index (κ1) is 12.4. The third kappa shape index (κ3) is 3.20. The molecule has 2 rings (SSSR count). The SMILES string of the molecule is CCC(=O)Oc1ccc(Cc2ccc(F)cc2)o1. The van der Waals surface area contributed by atoms with Gasteiger partial charge in [-0.15, -0.1) is 0 Å². The number of carbonyl (C=O) groups is 1. The maximum Gasteiger partial charge on any atom is 0.313 e. The summed E-state index contributed by atoms with van der Waals surface area (Å²) in [5.74, 6) is 0.257. The number of halogens is 1. The van der Waals surface area contributed by atoms with Gasteiger partial charge in [0.2, 0.25) is 0 Å². The average Bonchev–Trinajstić information content (AvgIpc) is 2.79. The molecule has 4 heteroatoms. The van der Waals surface area contributed by atoms with Gasteiger partial charge in [0.25, 0.3) is 5.95 Å². The topological polar surface area (TPSA) is 39.4 Å². The zero-order valence-corrected chi connectivity index (χ0v) is 9.98. The van der Waals surface area contributed by atoms with E-state index in [-0.39, 0.29) is 17.7 Å². The van der Waals surface area contributed by atoms with Gasteiger partial charge in [-0.05, 0) is 23.8 Å². The molecule has 0 saturated carbocycles. The van der Waals surface area contributed by atoms with Gasteiger partial charge < -0.3 is 9.15 Å². The third-order valence-corrected chi connectivity index (χ3v) is 2.43. The van der Waals surface area contributed by atoms with Crippen molar-refractivity contribution in [3.8, 4) is 5.95 Å². The van der Waals surface area contributed by atoms with E-state index in [1.165, 1.54) is 12.1 Å². The third-order valence-electron chi connectivity index (χ3n) is 2.43. The van der Waals surface area contributed by atoms with Crippen LogP contribution in [0.1, 0.15) is 24.7 Å². The Bertz CT molecular complexity index is 528. The minimum atomic E-state index is -0.335. The van der Waals surface area contributed by atoms with E-state index in [0.29, 0.717) is 18.6 Å². The Balaban J connectivity index is 2.02. The first-order chi connectivity index (χ1) is 8.67. The predicted molar refractivity (Wildman–Crippen MR) is 63.8 cm³/mol. The number of hydrogen-bond donors (Lipinski definition) is 0. The fraction of sp³-hybridized carbons (Fsp3) is 0.214. The molecular weight excluding hydrogens is 235 g/mol. The number of hydrogen-bond acceptors (Lipinski definition) is 3. The molecule has 1 aromatic heterocycles. The van der Waals surface area contributed by atoms with Crippen molar-refractivity contribution in [3.05, 3.63) is 53.5 Å². The molecule has 1 aromatic carbocycles. The summed E-state index contributed by atoms with van der Waals surface area (Å²) in [6.45, 7) is 1.71. The van der Waals surface area contributed by atoms with Gasteiger partial charge in [0.05, 0.1) is 0 Å². The molecular formula is C14H13FO3. The van der Waals surface area contributed by atoms with Crippen LogP contribution in [0.15, 0.2) is 40.8 Å². The quantitative estimate of drug-likeness (QED) is 0.779. The Morgan fingerprint density at radius 3 is 2.61 bits per heavy atom. The van der Waals surface area contributed by atoms with E-state index in [0.717, 1.165) is 5.56 Å². The zero-order valence-electron chi connectivity index (χ0n) is 9.98. The largest absolute Gasteiger partial charge is 0.430 e. The summed E-state index contributed by atoms with van der Waals surface area (Å²) in [7, 11) is 0. The number of esters is 1. The standard InChI is InChI=1S/C14H13FO3/c1-2-13(16)18-14-8-7-12(17-14)9-10-3-5-11(15)6-4-10/h3-8H,2,9H2,1H3. The molecule has 0 amide bonds. The van der Waals surface area contributed by atoms with Crippen molar-refractivity contribution in [1.29, 1.82) is 0 Å². The first-order valence-corrected chi connectivity index (χ1v) is 5.71. The lowest BCUT2D eigenvalue weighted by Gasteiger charge is -1.99. The minimum absolute atomic E-state index is 0.193. The molecule has 0 atom stereocenters. The van der Waals surface area contributed by atoms with Gasteiger partial charge in [-0.2, -0.15) is 0 Å². The number of rotatable bonds is 4. The Labute approximate surface area is 104 Å². The summed E-state index contributed by atoms with van der Waals surface area (Å²) in [5, 5.41) is 0. The van der Waals surface area contributed by atoms with Crippen LogP contribution in [0, 0.1) is 5.82 Å². The maximum atomic E-state index is 12.7. The lowest BCUT2D eigenvalue weighted by Crippen LogP contribution is -2.04. The highest BCUT2D eigenvalue weighted by atomic mass is 19.1. The van der Waals surface area contributed by atoms with E-state index in [9.17, 15) is 9.18 Å². The van der Waals surface area contributed by atoms with Crippen molar-refractivity contribution in [2.45, 2.75) is 19.8 Å². The Morgan fingerprint density at radius 2 is 1.94 bits per heavy atom. The molecule has 2 aromatic rings. The predicted octanol–water partition coefficient (Wildman–Crippen LogP) is 3.32. The molecule has 0 unspecified atom stereocenters. The van der Waals surface area contributed by atoms with Gasteiger partial charge in [-0.3, -0.25) is 4.79 Å². The monoisotopic (exact) mass is 248 g/mol. The second kappa shape index (κ2) is 5.49. The van der Waals surface area contributed by atoms with Crippen molar-refractivity contribution in [2.75, 3.05) is 0 Å². The summed E-state index contributed by atoms with van der Waals surface area (Å²) >= 11 is 0. The summed E-state index contributed by atoms with van der Waals surface area (Å²) in [6.07, 6.45) is 0.831. The van der Waals surface area contributed by atoms with Gasteiger partial charge in [-0.25, -0.2) is 4.39 Å². The van der Waals surface area contributed by atoms with Crippen LogP contribution < -0.4 is 4.74 Å². The smallest absolute Gasteiger partial charge is 0.313 e. The molecule has 0 aliphatic heterocycles. The molecule has 0 spiro atoms. The van der Waals surface area contributed by atoms with E-state index < -0.39 is 0 Å². The molecule has 1 heterocycles. The van der Waals surface area contributed by atoms with E-state index >= 15 is 0 Å². The summed E-state index contributed by atoms with van der Waals surface area (Å²) < 4.78 is 23.0. The fourth-order valence-electron chi connectivity index (χ4n) is 1.50. The van der Waals surface area contributed by atoms with Crippen LogP contribution in [-0.2, 0) is 11.2 Å². The van der Waals surface area contributed by atoms with Crippen LogP contribution in [0.25, 0.3) is 0 Å². The van der Waals surface area contributed by atoms with Crippen molar-refractivity contribution in [3.63, 3.8) is 0 Å².